The summed E-state index contributed by atoms with van der Waals surface area (Å²) in [5.41, 5.74) is 2.78. The summed E-state index contributed by atoms with van der Waals surface area (Å²) in [6.07, 6.45) is 0.975. The van der Waals surface area contributed by atoms with E-state index in [2.05, 4.69) is 12.2 Å². The van der Waals surface area contributed by atoms with Crippen LogP contribution in [-0.2, 0) is 13.1 Å². The lowest BCUT2D eigenvalue weighted by molar-refractivity contribution is 0.317. The molecule has 1 aromatic heterocycles. The van der Waals surface area contributed by atoms with Gasteiger partial charge in [-0.2, -0.15) is 0 Å². The Balaban J connectivity index is 2.44. The average molecular weight is 300 g/mol. The molecule has 2 rings (SSSR count). The fourth-order valence-corrected chi connectivity index (χ4v) is 2.48. The van der Waals surface area contributed by atoms with Crippen LogP contribution in [0.25, 0.3) is 11.3 Å². The van der Waals surface area contributed by atoms with E-state index in [0.29, 0.717) is 19.7 Å². The number of pyridine rings is 1. The van der Waals surface area contributed by atoms with E-state index >= 15 is 0 Å². The Morgan fingerprint density at radius 3 is 2.68 bits per heavy atom. The van der Waals surface area contributed by atoms with Gasteiger partial charge in [0.05, 0.1) is 12.3 Å². The van der Waals surface area contributed by atoms with Crippen molar-refractivity contribution in [2.24, 2.45) is 0 Å². The molecule has 22 heavy (non-hydrogen) atoms. The van der Waals surface area contributed by atoms with Crippen molar-refractivity contribution in [3.63, 3.8) is 0 Å². The van der Waals surface area contributed by atoms with E-state index in [0.717, 1.165) is 29.0 Å². The van der Waals surface area contributed by atoms with Gasteiger partial charge in [0.2, 0.25) is 0 Å². The van der Waals surface area contributed by atoms with E-state index < -0.39 is 0 Å². The number of hydrogen-bond donors (Lipinski definition) is 1. The van der Waals surface area contributed by atoms with E-state index in [9.17, 15) is 4.79 Å². The minimum absolute atomic E-state index is 0.0641. The van der Waals surface area contributed by atoms with Crippen LogP contribution in [0.2, 0.25) is 0 Å². The number of benzene rings is 1. The van der Waals surface area contributed by atoms with E-state index in [1.54, 1.807) is 0 Å². The van der Waals surface area contributed by atoms with E-state index in [4.69, 9.17) is 4.74 Å². The highest BCUT2D eigenvalue weighted by Gasteiger charge is 2.09. The molecule has 0 saturated heterocycles. The van der Waals surface area contributed by atoms with Gasteiger partial charge < -0.3 is 14.6 Å². The number of rotatable bonds is 7. The van der Waals surface area contributed by atoms with Crippen molar-refractivity contribution in [1.82, 2.24) is 9.88 Å². The molecule has 0 amide bonds. The van der Waals surface area contributed by atoms with Crippen LogP contribution in [0.1, 0.15) is 25.8 Å². The Labute approximate surface area is 131 Å². The molecule has 118 valence electrons. The summed E-state index contributed by atoms with van der Waals surface area (Å²) in [6, 6.07) is 11.8. The molecule has 1 heterocycles. The highest BCUT2D eigenvalue weighted by atomic mass is 16.5. The van der Waals surface area contributed by atoms with Crippen molar-refractivity contribution in [3.8, 4) is 17.0 Å². The molecule has 4 nitrogen and oxygen atoms in total. The first-order valence-electron chi connectivity index (χ1n) is 7.81. The SMILES string of the molecule is CCCOc1cccc(-c2ccc(CNC)c(=O)n2CC)c1. The van der Waals surface area contributed by atoms with Gasteiger partial charge in [0.1, 0.15) is 5.75 Å². The second-order valence-electron chi connectivity index (χ2n) is 5.20. The monoisotopic (exact) mass is 300 g/mol. The van der Waals surface area contributed by atoms with Crippen molar-refractivity contribution in [1.29, 1.82) is 0 Å². The molecule has 0 aliphatic heterocycles. The fourth-order valence-electron chi connectivity index (χ4n) is 2.48. The lowest BCUT2D eigenvalue weighted by Gasteiger charge is -2.14. The first-order chi connectivity index (χ1) is 10.7. The molecule has 0 saturated carbocycles. The standard InChI is InChI=1S/C18H24N2O2/c1-4-11-22-16-8-6-7-14(12-16)17-10-9-15(13-19-3)18(21)20(17)5-2/h6-10,12,19H,4-5,11,13H2,1-3H3. The van der Waals surface area contributed by atoms with Crippen molar-refractivity contribution < 1.29 is 4.74 Å². The van der Waals surface area contributed by atoms with Gasteiger partial charge >= 0.3 is 0 Å². The van der Waals surface area contributed by atoms with Gasteiger partial charge in [-0.05, 0) is 38.6 Å². The molecular formula is C18H24N2O2. The van der Waals surface area contributed by atoms with Crippen molar-refractivity contribution in [3.05, 3.63) is 52.3 Å². The van der Waals surface area contributed by atoms with E-state index in [1.807, 2.05) is 54.9 Å². The Hall–Kier alpha value is -2.07. The maximum atomic E-state index is 12.5. The van der Waals surface area contributed by atoms with Gasteiger partial charge in [0.15, 0.2) is 0 Å². The zero-order chi connectivity index (χ0) is 15.9. The minimum atomic E-state index is 0.0641. The summed E-state index contributed by atoms with van der Waals surface area (Å²) >= 11 is 0. The first-order valence-corrected chi connectivity index (χ1v) is 7.81. The Morgan fingerprint density at radius 1 is 1.18 bits per heavy atom. The zero-order valence-electron chi connectivity index (χ0n) is 13.6. The van der Waals surface area contributed by atoms with Crippen LogP contribution in [0, 0.1) is 0 Å². The van der Waals surface area contributed by atoms with Crippen LogP contribution in [-0.4, -0.2) is 18.2 Å². The first kappa shape index (κ1) is 16.3. The number of nitrogens with one attached hydrogen (secondary N) is 1. The van der Waals surface area contributed by atoms with Crippen molar-refractivity contribution in [2.45, 2.75) is 33.4 Å². The molecule has 0 spiro atoms. The lowest BCUT2D eigenvalue weighted by Crippen LogP contribution is -2.26. The topological polar surface area (TPSA) is 43.3 Å². The molecule has 0 bridgehead atoms. The molecule has 1 aromatic carbocycles. The van der Waals surface area contributed by atoms with Gasteiger partial charge in [-0.15, -0.1) is 0 Å². The predicted octanol–water partition coefficient (Wildman–Crippen LogP) is 3.04. The lowest BCUT2D eigenvalue weighted by atomic mass is 10.1. The van der Waals surface area contributed by atoms with E-state index in [1.165, 1.54) is 0 Å². The maximum absolute atomic E-state index is 12.5. The highest BCUT2D eigenvalue weighted by molar-refractivity contribution is 5.62. The van der Waals surface area contributed by atoms with Crippen LogP contribution in [0.15, 0.2) is 41.2 Å². The number of nitrogens with zero attached hydrogens (tertiary/aromatic N) is 1. The summed E-state index contributed by atoms with van der Waals surface area (Å²) in [7, 11) is 1.85. The third kappa shape index (κ3) is 3.57. The summed E-state index contributed by atoms with van der Waals surface area (Å²) in [5.74, 6) is 0.841. The Morgan fingerprint density at radius 2 is 2.00 bits per heavy atom. The Kier molecular flexibility index (Phi) is 5.78. The second kappa shape index (κ2) is 7.80. The normalized spacial score (nSPS) is 10.7. The Bertz CT molecular complexity index is 677. The maximum Gasteiger partial charge on any atom is 0.255 e. The predicted molar refractivity (Wildman–Crippen MR) is 90.4 cm³/mol. The minimum Gasteiger partial charge on any atom is -0.494 e. The smallest absolute Gasteiger partial charge is 0.255 e. The molecule has 0 aliphatic carbocycles. The quantitative estimate of drug-likeness (QED) is 0.854. The summed E-state index contributed by atoms with van der Waals surface area (Å²) in [5, 5.41) is 3.03. The molecule has 0 unspecified atom stereocenters. The average Bonchev–Trinajstić information content (AvgIpc) is 2.55. The van der Waals surface area contributed by atoms with Crippen LogP contribution >= 0.6 is 0 Å². The summed E-state index contributed by atoms with van der Waals surface area (Å²) < 4.78 is 7.50. The third-order valence-electron chi connectivity index (χ3n) is 3.54. The third-order valence-corrected chi connectivity index (χ3v) is 3.54. The molecule has 4 heteroatoms. The van der Waals surface area contributed by atoms with Crippen molar-refractivity contribution in [2.75, 3.05) is 13.7 Å². The largest absolute Gasteiger partial charge is 0.494 e. The molecule has 0 atom stereocenters. The molecule has 0 fully saturated rings. The van der Waals surface area contributed by atoms with Gasteiger partial charge in [0, 0.05) is 24.2 Å². The number of hydrogen-bond acceptors (Lipinski definition) is 3. The number of ether oxygens (including phenoxy) is 1. The molecule has 1 N–H and O–H groups in total. The zero-order valence-corrected chi connectivity index (χ0v) is 13.6. The highest BCUT2D eigenvalue weighted by Crippen LogP contribution is 2.23. The molecule has 0 aliphatic rings. The van der Waals surface area contributed by atoms with Gasteiger partial charge in [-0.25, -0.2) is 0 Å². The van der Waals surface area contributed by atoms with Crippen LogP contribution in [0.3, 0.4) is 0 Å². The molecule has 2 aromatic rings. The fraction of sp³-hybridized carbons (Fsp3) is 0.389. The van der Waals surface area contributed by atoms with Crippen molar-refractivity contribution >= 4 is 0 Å². The van der Waals surface area contributed by atoms with Gasteiger partial charge in [-0.3, -0.25) is 4.79 Å². The molecule has 0 radical (unpaired) electrons. The van der Waals surface area contributed by atoms with Gasteiger partial charge in [0.25, 0.3) is 5.56 Å². The van der Waals surface area contributed by atoms with Crippen LogP contribution in [0.4, 0.5) is 0 Å². The summed E-state index contributed by atoms with van der Waals surface area (Å²) in [4.78, 5) is 12.5. The second-order valence-corrected chi connectivity index (χ2v) is 5.20. The summed E-state index contributed by atoms with van der Waals surface area (Å²) in [6.45, 7) is 6.00. The van der Waals surface area contributed by atoms with E-state index in [-0.39, 0.29) is 5.56 Å². The van der Waals surface area contributed by atoms with Gasteiger partial charge in [-0.1, -0.05) is 25.1 Å². The van der Waals surface area contributed by atoms with Crippen LogP contribution in [0.5, 0.6) is 5.75 Å². The van der Waals surface area contributed by atoms with Crippen LogP contribution < -0.4 is 15.6 Å². The molecular weight excluding hydrogens is 276 g/mol. The number of aromatic nitrogens is 1.